The van der Waals surface area contributed by atoms with Crippen LogP contribution in [0.2, 0.25) is 0 Å². The molecular formula is C17H28ClN3O3. The van der Waals surface area contributed by atoms with Gasteiger partial charge in [0.05, 0.1) is 6.04 Å². The number of ether oxygens (including phenoxy) is 1. The quantitative estimate of drug-likeness (QED) is 0.560. The van der Waals surface area contributed by atoms with Crippen LogP contribution in [0.4, 0.5) is 5.69 Å². The molecule has 0 aliphatic heterocycles. The lowest BCUT2D eigenvalue weighted by Crippen LogP contribution is -2.35. The van der Waals surface area contributed by atoms with Gasteiger partial charge in [-0.3, -0.25) is 9.59 Å². The monoisotopic (exact) mass is 357 g/mol. The molecule has 0 aliphatic rings. The Morgan fingerprint density at radius 1 is 1.29 bits per heavy atom. The third-order valence-corrected chi connectivity index (χ3v) is 3.28. The second-order valence-electron chi connectivity index (χ2n) is 5.27. The molecule has 4 N–H and O–H groups in total. The third-order valence-electron chi connectivity index (χ3n) is 3.28. The molecule has 1 aromatic rings. The predicted octanol–water partition coefficient (Wildman–Crippen LogP) is 2.33. The van der Waals surface area contributed by atoms with Crippen molar-refractivity contribution in [3.05, 3.63) is 29.8 Å². The van der Waals surface area contributed by atoms with Gasteiger partial charge < -0.3 is 21.1 Å². The van der Waals surface area contributed by atoms with Crippen LogP contribution in [0.1, 0.15) is 43.5 Å². The average molecular weight is 358 g/mol. The van der Waals surface area contributed by atoms with Crippen LogP contribution in [-0.4, -0.2) is 37.6 Å². The highest BCUT2D eigenvalue weighted by molar-refractivity contribution is 5.98. The van der Waals surface area contributed by atoms with E-state index in [2.05, 4.69) is 10.6 Å². The molecule has 24 heavy (non-hydrogen) atoms. The molecular weight excluding hydrogens is 330 g/mol. The molecule has 0 aromatic heterocycles. The van der Waals surface area contributed by atoms with Crippen molar-refractivity contribution in [2.24, 2.45) is 5.73 Å². The number of anilines is 1. The van der Waals surface area contributed by atoms with E-state index in [1.54, 1.807) is 24.3 Å². The lowest BCUT2D eigenvalue weighted by Gasteiger charge is -2.12. The summed E-state index contributed by atoms with van der Waals surface area (Å²) in [5.41, 5.74) is 6.85. The van der Waals surface area contributed by atoms with E-state index in [-0.39, 0.29) is 24.2 Å². The van der Waals surface area contributed by atoms with Gasteiger partial charge in [0.1, 0.15) is 0 Å². The first-order valence-electron chi connectivity index (χ1n) is 8.10. The van der Waals surface area contributed by atoms with E-state index in [1.165, 1.54) is 0 Å². The minimum absolute atomic E-state index is 0. The van der Waals surface area contributed by atoms with Gasteiger partial charge in [-0.2, -0.15) is 0 Å². The van der Waals surface area contributed by atoms with Crippen LogP contribution < -0.4 is 16.4 Å². The number of amides is 2. The van der Waals surface area contributed by atoms with Crippen molar-refractivity contribution in [3.8, 4) is 0 Å². The number of carbonyl (C=O) groups excluding carboxylic acids is 2. The molecule has 0 spiro atoms. The van der Waals surface area contributed by atoms with Gasteiger partial charge in [0.2, 0.25) is 5.91 Å². The molecule has 0 aliphatic carbocycles. The van der Waals surface area contributed by atoms with Crippen molar-refractivity contribution in [1.29, 1.82) is 0 Å². The molecule has 0 saturated carbocycles. The Bertz CT molecular complexity index is 512. The summed E-state index contributed by atoms with van der Waals surface area (Å²) in [5.74, 6) is -0.406. The minimum Gasteiger partial charge on any atom is -0.382 e. The number of halogens is 1. The van der Waals surface area contributed by atoms with Crippen LogP contribution in [0.15, 0.2) is 24.3 Å². The number of carbonyl (C=O) groups is 2. The Kier molecular flexibility index (Phi) is 11.9. The first kappa shape index (κ1) is 22.4. The van der Waals surface area contributed by atoms with Gasteiger partial charge in [-0.05, 0) is 38.0 Å². The van der Waals surface area contributed by atoms with Gasteiger partial charge in [0, 0.05) is 31.0 Å². The molecule has 7 heteroatoms. The number of hydrogen-bond donors (Lipinski definition) is 3. The highest BCUT2D eigenvalue weighted by Crippen LogP contribution is 2.11. The van der Waals surface area contributed by atoms with Crippen molar-refractivity contribution >= 4 is 29.9 Å². The summed E-state index contributed by atoms with van der Waals surface area (Å²) < 4.78 is 5.22. The van der Waals surface area contributed by atoms with Crippen LogP contribution in [0.3, 0.4) is 0 Å². The molecule has 2 amide bonds. The van der Waals surface area contributed by atoms with Crippen molar-refractivity contribution in [3.63, 3.8) is 0 Å². The zero-order chi connectivity index (χ0) is 17.1. The first-order chi connectivity index (χ1) is 11.1. The maximum atomic E-state index is 12.1. The highest BCUT2D eigenvalue weighted by atomic mass is 35.5. The molecule has 1 rings (SSSR count). The summed E-state index contributed by atoms with van der Waals surface area (Å²) in [6, 6.07) is 6.29. The molecule has 1 unspecified atom stereocenters. The van der Waals surface area contributed by atoms with E-state index >= 15 is 0 Å². The summed E-state index contributed by atoms with van der Waals surface area (Å²) in [6.07, 6.45) is 2.24. The van der Waals surface area contributed by atoms with Gasteiger partial charge in [-0.1, -0.05) is 19.4 Å². The van der Waals surface area contributed by atoms with Crippen LogP contribution >= 0.6 is 12.4 Å². The van der Waals surface area contributed by atoms with E-state index < -0.39 is 6.04 Å². The number of nitrogens with two attached hydrogens (primary N) is 1. The molecule has 0 heterocycles. The molecule has 1 atom stereocenters. The number of rotatable bonds is 10. The Morgan fingerprint density at radius 2 is 2.04 bits per heavy atom. The Balaban J connectivity index is 0.00000529. The summed E-state index contributed by atoms with van der Waals surface area (Å²) in [5, 5.41) is 5.57. The summed E-state index contributed by atoms with van der Waals surface area (Å²) in [6.45, 7) is 5.77. The second kappa shape index (κ2) is 12.8. The van der Waals surface area contributed by atoms with Gasteiger partial charge in [-0.25, -0.2) is 0 Å². The Labute approximate surface area is 149 Å². The van der Waals surface area contributed by atoms with E-state index in [9.17, 15) is 9.59 Å². The summed E-state index contributed by atoms with van der Waals surface area (Å²) in [4.78, 5) is 24.0. The average Bonchev–Trinajstić information content (AvgIpc) is 2.55. The number of hydrogen-bond acceptors (Lipinski definition) is 4. The molecule has 6 nitrogen and oxygen atoms in total. The van der Waals surface area contributed by atoms with Crippen LogP contribution in [-0.2, 0) is 9.53 Å². The maximum absolute atomic E-state index is 12.1. The molecule has 0 fully saturated rings. The van der Waals surface area contributed by atoms with Crippen LogP contribution in [0, 0.1) is 0 Å². The standard InChI is InChI=1S/C17H27N3O3.ClH/c1-3-7-15(18)17(22)20-14-9-5-8-13(12-14)16(21)19-10-6-11-23-4-2;/h5,8-9,12,15H,3-4,6-7,10-11,18H2,1-2H3,(H,19,21)(H,20,22);1H. The third kappa shape index (κ3) is 8.29. The van der Waals surface area contributed by atoms with E-state index in [0.717, 1.165) is 12.8 Å². The predicted molar refractivity (Wildman–Crippen MR) is 98.6 cm³/mol. The Hall–Kier alpha value is -1.63. The normalized spacial score (nSPS) is 11.3. The fraction of sp³-hybridized carbons (Fsp3) is 0.529. The zero-order valence-electron chi connectivity index (χ0n) is 14.3. The van der Waals surface area contributed by atoms with E-state index in [0.29, 0.717) is 37.4 Å². The van der Waals surface area contributed by atoms with Crippen molar-refractivity contribution < 1.29 is 14.3 Å². The van der Waals surface area contributed by atoms with E-state index in [1.807, 2.05) is 13.8 Å². The maximum Gasteiger partial charge on any atom is 0.251 e. The largest absolute Gasteiger partial charge is 0.382 e. The first-order valence-corrected chi connectivity index (χ1v) is 8.10. The van der Waals surface area contributed by atoms with Gasteiger partial charge >= 0.3 is 0 Å². The number of nitrogens with one attached hydrogen (secondary N) is 2. The molecule has 1 aromatic carbocycles. The van der Waals surface area contributed by atoms with Crippen LogP contribution in [0.5, 0.6) is 0 Å². The van der Waals surface area contributed by atoms with Crippen molar-refractivity contribution in [2.45, 2.75) is 39.2 Å². The fourth-order valence-corrected chi connectivity index (χ4v) is 2.04. The van der Waals surface area contributed by atoms with Crippen LogP contribution in [0.25, 0.3) is 0 Å². The Morgan fingerprint density at radius 3 is 2.71 bits per heavy atom. The summed E-state index contributed by atoms with van der Waals surface area (Å²) >= 11 is 0. The number of benzene rings is 1. The molecule has 0 saturated heterocycles. The lowest BCUT2D eigenvalue weighted by molar-refractivity contribution is -0.117. The second-order valence-corrected chi connectivity index (χ2v) is 5.27. The van der Waals surface area contributed by atoms with Crippen molar-refractivity contribution in [1.82, 2.24) is 5.32 Å². The molecule has 0 bridgehead atoms. The van der Waals surface area contributed by atoms with Gasteiger partial charge in [-0.15, -0.1) is 12.4 Å². The SMILES string of the molecule is CCCC(N)C(=O)Nc1cccc(C(=O)NCCCOCC)c1.Cl. The molecule has 136 valence electrons. The molecule has 0 radical (unpaired) electrons. The van der Waals surface area contributed by atoms with Gasteiger partial charge in [0.25, 0.3) is 5.91 Å². The lowest BCUT2D eigenvalue weighted by atomic mass is 10.1. The summed E-state index contributed by atoms with van der Waals surface area (Å²) in [7, 11) is 0. The zero-order valence-corrected chi connectivity index (χ0v) is 15.2. The topological polar surface area (TPSA) is 93.5 Å². The van der Waals surface area contributed by atoms with Crippen molar-refractivity contribution in [2.75, 3.05) is 25.1 Å². The smallest absolute Gasteiger partial charge is 0.251 e. The fourth-order valence-electron chi connectivity index (χ4n) is 2.04. The highest BCUT2D eigenvalue weighted by Gasteiger charge is 2.13. The van der Waals surface area contributed by atoms with E-state index in [4.69, 9.17) is 10.5 Å². The van der Waals surface area contributed by atoms with Gasteiger partial charge in [0.15, 0.2) is 0 Å². The minimum atomic E-state index is -0.531.